The molecule has 0 bridgehead atoms. The number of Topliss-reactive ketones (excluding diaryl/α,β-unsaturated/α-hetero) is 2. The number of nitrogens with zero attached hydrogens (tertiary/aromatic N) is 10. The second-order valence-corrected chi connectivity index (χ2v) is 26.9. The van der Waals surface area contributed by atoms with E-state index < -0.39 is 18.3 Å². The topological polar surface area (TPSA) is 338 Å². The van der Waals surface area contributed by atoms with E-state index in [-0.39, 0.29) is 54.4 Å². The Hall–Kier alpha value is -10.3. The van der Waals surface area contributed by atoms with E-state index in [0.717, 1.165) is 79.4 Å². The van der Waals surface area contributed by atoms with Crippen LogP contribution in [-0.2, 0) is 28.9 Å². The predicted octanol–water partition coefficient (Wildman–Crippen LogP) is 12.7. The molecule has 0 amide bonds. The SMILES string of the molecule is CC(=O)C1CN([C@H]2CCc3c(-c4noc(-c5ccc(OC(C)C)c(C#N)c5)n4)cccc32)C1.CCC(=O)CCNC1CCc2c(-c3noc(-c4ccc(OC(C)C)c(C#N)c4)n3)cccc21.CC[C@@H](O)[C@@H](O)[C@H](O)CN[C@H]1CCc2c(-c3noc(-c4ccc(OC(C)C)c(C#N)c4)n3)cccc21. The van der Waals surface area contributed by atoms with E-state index in [1.807, 2.05) is 103 Å². The number of rotatable bonds is 25. The van der Waals surface area contributed by atoms with Crippen LogP contribution in [0.15, 0.2) is 123 Å². The molecule has 1 saturated heterocycles. The summed E-state index contributed by atoms with van der Waals surface area (Å²) in [6, 6.07) is 41.2. The van der Waals surface area contributed by atoms with E-state index in [1.165, 1.54) is 22.3 Å². The maximum atomic E-state index is 11.6. The van der Waals surface area contributed by atoms with Crippen molar-refractivity contribution in [1.29, 1.82) is 15.8 Å². The zero-order chi connectivity index (χ0) is 72.3. The minimum atomic E-state index is -1.19. The predicted molar refractivity (Wildman–Crippen MR) is 380 cm³/mol. The van der Waals surface area contributed by atoms with Gasteiger partial charge in [-0.1, -0.05) is 83.9 Å². The summed E-state index contributed by atoms with van der Waals surface area (Å²) in [6.45, 7) is 19.4. The Morgan fingerprint density at radius 1 is 0.559 bits per heavy atom. The van der Waals surface area contributed by atoms with Crippen molar-refractivity contribution in [3.05, 3.63) is 159 Å². The van der Waals surface area contributed by atoms with Crippen molar-refractivity contribution >= 4 is 11.6 Å². The van der Waals surface area contributed by atoms with Gasteiger partial charge < -0.3 is 53.7 Å². The minimum Gasteiger partial charge on any atom is -0.490 e. The number of aliphatic hydroxyl groups is 3. The maximum Gasteiger partial charge on any atom is 0.258 e. The summed E-state index contributed by atoms with van der Waals surface area (Å²) in [5, 5.41) is 78.1. The number of aromatic nitrogens is 6. The Morgan fingerprint density at radius 2 is 0.961 bits per heavy atom. The molecule has 3 aliphatic carbocycles. The Balaban J connectivity index is 0.000000154. The lowest BCUT2D eigenvalue weighted by atomic mass is 9.92. The van der Waals surface area contributed by atoms with Crippen LogP contribution in [-0.4, -0.2) is 125 Å². The van der Waals surface area contributed by atoms with Gasteiger partial charge in [-0.25, -0.2) is 0 Å². The molecule has 0 radical (unpaired) electrons. The Labute approximate surface area is 593 Å². The van der Waals surface area contributed by atoms with Crippen molar-refractivity contribution in [3.8, 4) is 104 Å². The van der Waals surface area contributed by atoms with Crippen LogP contribution in [0, 0.1) is 39.9 Å². The first-order valence-electron chi connectivity index (χ1n) is 35.0. The summed E-state index contributed by atoms with van der Waals surface area (Å²) in [5.74, 6) is 4.91. The van der Waals surface area contributed by atoms with Crippen LogP contribution in [0.25, 0.3) is 68.5 Å². The van der Waals surface area contributed by atoms with Crippen molar-refractivity contribution in [1.82, 2.24) is 46.0 Å². The fourth-order valence-corrected chi connectivity index (χ4v) is 13.5. The van der Waals surface area contributed by atoms with Gasteiger partial charge >= 0.3 is 0 Å². The summed E-state index contributed by atoms with van der Waals surface area (Å²) in [7, 11) is 0. The third-order valence-electron chi connectivity index (χ3n) is 18.8. The van der Waals surface area contributed by atoms with Crippen LogP contribution in [0.5, 0.6) is 17.2 Å². The zero-order valence-electron chi connectivity index (χ0n) is 58.9. The number of carbonyl (C=O) groups is 2. The Morgan fingerprint density at radius 3 is 1.35 bits per heavy atom. The van der Waals surface area contributed by atoms with Gasteiger partial charge in [-0.2, -0.15) is 30.7 Å². The molecule has 1 fully saturated rings. The number of hydrogen-bond acceptors (Lipinski definition) is 23. The highest BCUT2D eigenvalue weighted by Crippen LogP contribution is 2.44. The molecule has 1 aliphatic heterocycles. The zero-order valence-corrected chi connectivity index (χ0v) is 58.9. The van der Waals surface area contributed by atoms with Crippen molar-refractivity contribution < 1.29 is 52.7 Å². The van der Waals surface area contributed by atoms with Gasteiger partial charge in [0.2, 0.25) is 17.5 Å². The molecule has 4 heterocycles. The molecule has 23 heteroatoms. The van der Waals surface area contributed by atoms with Crippen LogP contribution in [0.2, 0.25) is 0 Å². The number of likely N-dealkylation sites (tertiary alicyclic amines) is 1. The monoisotopic (exact) mass is 1380 g/mol. The van der Waals surface area contributed by atoms with Crippen LogP contribution in [0.4, 0.5) is 0 Å². The van der Waals surface area contributed by atoms with E-state index in [9.17, 15) is 40.7 Å². The number of nitriles is 3. The van der Waals surface area contributed by atoms with E-state index in [0.29, 0.717) is 118 Å². The summed E-state index contributed by atoms with van der Waals surface area (Å²) >= 11 is 0. The first kappa shape index (κ1) is 72.9. The molecule has 6 atom stereocenters. The normalized spacial score (nSPS) is 16.8. The number of ether oxygens (including phenoxy) is 3. The van der Waals surface area contributed by atoms with Crippen LogP contribution < -0.4 is 24.8 Å². The van der Waals surface area contributed by atoms with E-state index in [4.69, 9.17) is 27.8 Å². The van der Waals surface area contributed by atoms with Gasteiger partial charge in [-0.05, 0) is 181 Å². The summed E-state index contributed by atoms with van der Waals surface area (Å²) in [4.78, 5) is 39.5. The number of ketones is 2. The van der Waals surface area contributed by atoms with E-state index in [2.05, 4.69) is 76.3 Å². The Bertz CT molecular complexity index is 4590. The third-order valence-corrected chi connectivity index (χ3v) is 18.8. The Kier molecular flexibility index (Phi) is 23.6. The summed E-state index contributed by atoms with van der Waals surface area (Å²) < 4.78 is 33.8. The highest BCUT2D eigenvalue weighted by molar-refractivity contribution is 5.80. The molecule has 3 aromatic heterocycles. The summed E-state index contributed by atoms with van der Waals surface area (Å²) in [5.41, 5.74) is 13.2. The average Bonchev–Trinajstić information content (AvgIpc) is 1.61. The van der Waals surface area contributed by atoms with Gasteiger partial charge in [-0.15, -0.1) is 0 Å². The molecule has 9 aromatic rings. The van der Waals surface area contributed by atoms with Crippen molar-refractivity contribution in [2.24, 2.45) is 5.92 Å². The number of benzene rings is 6. The van der Waals surface area contributed by atoms with E-state index in [1.54, 1.807) is 56.3 Å². The number of fused-ring (bicyclic) bond motifs is 3. The number of aliphatic hydroxyl groups excluding tert-OH is 3. The third kappa shape index (κ3) is 16.7. The lowest BCUT2D eigenvalue weighted by molar-refractivity contribution is -0.127. The molecule has 528 valence electrons. The molecule has 4 aliphatic rings. The molecular weight excluding hydrogens is 1290 g/mol. The first-order chi connectivity index (χ1) is 49.3. The van der Waals surface area contributed by atoms with Gasteiger partial charge in [0.05, 0.1) is 47.2 Å². The van der Waals surface area contributed by atoms with Gasteiger partial charge in [-0.3, -0.25) is 14.5 Å². The lowest BCUT2D eigenvalue weighted by Crippen LogP contribution is -2.50. The van der Waals surface area contributed by atoms with Gasteiger partial charge in [0.25, 0.3) is 17.7 Å². The molecule has 6 aromatic carbocycles. The maximum absolute atomic E-state index is 11.6. The molecule has 0 spiro atoms. The van der Waals surface area contributed by atoms with Crippen LogP contribution in [0.1, 0.15) is 169 Å². The van der Waals surface area contributed by atoms with Gasteiger partial charge in [0.15, 0.2) is 0 Å². The number of hydrogen-bond donors (Lipinski definition) is 5. The molecule has 23 nitrogen and oxygen atoms in total. The molecule has 5 N–H and O–H groups in total. The van der Waals surface area contributed by atoms with E-state index >= 15 is 0 Å². The molecule has 0 saturated carbocycles. The van der Waals surface area contributed by atoms with Crippen molar-refractivity contribution in [2.75, 3.05) is 26.2 Å². The number of nitrogens with one attached hydrogen (secondary N) is 2. The molecule has 1 unspecified atom stereocenters. The second kappa shape index (κ2) is 33.0. The summed E-state index contributed by atoms with van der Waals surface area (Å²) in [6.07, 6.45) is 3.67. The molecular formula is C79H86N12O11. The fourth-order valence-electron chi connectivity index (χ4n) is 13.5. The second-order valence-electron chi connectivity index (χ2n) is 26.9. The van der Waals surface area contributed by atoms with Crippen molar-refractivity contribution in [2.45, 2.75) is 175 Å². The molecule has 102 heavy (non-hydrogen) atoms. The van der Waals surface area contributed by atoms with Crippen LogP contribution in [0.3, 0.4) is 0 Å². The minimum absolute atomic E-state index is 0.00127. The highest BCUT2D eigenvalue weighted by atomic mass is 16.5. The first-order valence-corrected chi connectivity index (χ1v) is 35.0. The van der Waals surface area contributed by atoms with Gasteiger partial charge in [0.1, 0.15) is 53.1 Å². The average molecular weight is 1380 g/mol. The largest absolute Gasteiger partial charge is 0.490 e. The number of carbonyl (C=O) groups excluding carboxylic acids is 2. The van der Waals surface area contributed by atoms with Gasteiger partial charge in [0, 0.05) is 96.4 Å². The van der Waals surface area contributed by atoms with Crippen molar-refractivity contribution in [3.63, 3.8) is 0 Å². The molecule has 13 rings (SSSR count). The quantitative estimate of drug-likeness (QED) is 0.0355. The standard InChI is InChI=1S/C27H32N4O5.C26H26N4O3.C26H28N4O3/c1-4-22(32)25(34)23(33)14-29-21-10-9-18-19(21)6-5-7-20(18)26-30-27(36-31-26)16-8-11-24(35-15(2)3)17(12-16)13-28;1-15(2)32-24-10-7-17(11-18(24)12-27)26-28-25(29-33-26)22-6-4-5-21-20(22)8-9-23(21)30-13-19(14-30)16(3)31;1-4-19(31)12-13-28-23-10-9-20-21(23)6-5-7-22(20)25-29-26(33-30-25)17-8-11-24(32-16(2)3)18(14-17)15-27/h5-8,11-12,15,21-23,25,29,32-34H,4,9-10,14H2,1-3H3;4-7,10-11,15,19,23H,8-9,13-14H2,1-3H3;5-8,11,14,16,23,28H,4,9-10,12-13H2,1-3H3/t21-,22+,23+,25+;23-;/m00./s1. The van der Waals surface area contributed by atoms with Crippen LogP contribution >= 0.6 is 0 Å². The highest BCUT2D eigenvalue weighted by Gasteiger charge is 2.39. The lowest BCUT2D eigenvalue weighted by Gasteiger charge is -2.42. The smallest absolute Gasteiger partial charge is 0.258 e. The fraction of sp³-hybridized carbons (Fsp3) is 0.405.